The summed E-state index contributed by atoms with van der Waals surface area (Å²) in [6.45, 7) is 7.87. The summed E-state index contributed by atoms with van der Waals surface area (Å²) in [5, 5.41) is 20.7. The predicted molar refractivity (Wildman–Crippen MR) is 93.9 cm³/mol. The van der Waals surface area contributed by atoms with Crippen LogP contribution in [0.3, 0.4) is 0 Å². The molecule has 11 heteroatoms. The molecule has 0 atom stereocenters. The van der Waals surface area contributed by atoms with Crippen molar-refractivity contribution in [1.82, 2.24) is 15.0 Å². The smallest absolute Gasteiger partial charge is 0.400 e. The number of rotatable bonds is 8. The third-order valence-corrected chi connectivity index (χ3v) is 2.62. The quantitative estimate of drug-likeness (QED) is 0.372. The summed E-state index contributed by atoms with van der Waals surface area (Å²) < 4.78 is 4.97. The van der Waals surface area contributed by atoms with Gasteiger partial charge in [0.15, 0.2) is 5.76 Å². The van der Waals surface area contributed by atoms with Crippen molar-refractivity contribution in [2.45, 2.75) is 39.8 Å². The molecule has 0 bridgehead atoms. The third kappa shape index (κ3) is 5.71. The number of aromatic nitrogens is 3. The molecule has 11 nitrogen and oxygen atoms in total. The number of nitrogens with one attached hydrogen (secondary N) is 3. The fraction of sp³-hybridized carbons (Fsp3) is 0.429. The van der Waals surface area contributed by atoms with Gasteiger partial charge in [0.2, 0.25) is 17.8 Å². The number of furan rings is 1. The highest BCUT2D eigenvalue weighted by Crippen LogP contribution is 2.14. The van der Waals surface area contributed by atoms with Crippen LogP contribution in [-0.2, 0) is 0 Å². The van der Waals surface area contributed by atoms with E-state index in [-0.39, 0.29) is 29.7 Å². The Kier molecular flexibility index (Phi) is 5.82. The summed E-state index contributed by atoms with van der Waals surface area (Å²) in [6, 6.07) is 2.98. The molecule has 2 aromatic rings. The van der Waals surface area contributed by atoms with E-state index in [0.29, 0.717) is 11.9 Å². The minimum Gasteiger partial charge on any atom is -0.400 e. The fourth-order valence-corrected chi connectivity index (χ4v) is 1.73. The van der Waals surface area contributed by atoms with E-state index in [0.717, 1.165) is 0 Å². The Morgan fingerprint density at radius 1 is 1.08 bits per heavy atom. The molecule has 0 saturated heterocycles. The fourth-order valence-electron chi connectivity index (χ4n) is 1.73. The first kappa shape index (κ1) is 18.1. The molecule has 25 heavy (non-hydrogen) atoms. The number of hydrogen-bond acceptors (Lipinski definition) is 10. The number of anilines is 3. The van der Waals surface area contributed by atoms with Crippen molar-refractivity contribution in [2.24, 2.45) is 5.10 Å². The van der Waals surface area contributed by atoms with Gasteiger partial charge < -0.3 is 15.1 Å². The average molecular weight is 348 g/mol. The number of nitro groups is 1. The van der Waals surface area contributed by atoms with Gasteiger partial charge >= 0.3 is 5.88 Å². The Bertz CT molecular complexity index is 728. The molecule has 0 aromatic carbocycles. The molecule has 0 amide bonds. The highest BCUT2D eigenvalue weighted by Gasteiger charge is 2.11. The van der Waals surface area contributed by atoms with E-state index >= 15 is 0 Å². The topological polar surface area (TPSA) is 143 Å². The molecule has 0 saturated carbocycles. The van der Waals surface area contributed by atoms with Crippen LogP contribution in [0.5, 0.6) is 0 Å². The van der Waals surface area contributed by atoms with Crippen LogP contribution < -0.4 is 16.1 Å². The van der Waals surface area contributed by atoms with Gasteiger partial charge in [-0.15, -0.1) is 0 Å². The van der Waals surface area contributed by atoms with Crippen molar-refractivity contribution in [1.29, 1.82) is 0 Å². The zero-order chi connectivity index (χ0) is 18.4. The lowest BCUT2D eigenvalue weighted by atomic mass is 10.4. The Labute approximate surface area is 144 Å². The van der Waals surface area contributed by atoms with Crippen LogP contribution in [0, 0.1) is 10.1 Å². The van der Waals surface area contributed by atoms with Gasteiger partial charge in [0, 0.05) is 12.1 Å². The molecule has 2 rings (SSSR count). The van der Waals surface area contributed by atoms with Gasteiger partial charge in [-0.2, -0.15) is 20.1 Å². The van der Waals surface area contributed by atoms with Crippen molar-refractivity contribution < 1.29 is 9.34 Å². The van der Waals surface area contributed by atoms with Crippen LogP contribution in [0.4, 0.5) is 23.7 Å². The first-order chi connectivity index (χ1) is 11.8. The second kappa shape index (κ2) is 8.04. The van der Waals surface area contributed by atoms with Gasteiger partial charge in [-0.25, -0.2) is 5.43 Å². The third-order valence-electron chi connectivity index (χ3n) is 2.62. The van der Waals surface area contributed by atoms with Crippen molar-refractivity contribution in [3.8, 4) is 0 Å². The zero-order valence-corrected chi connectivity index (χ0v) is 14.3. The first-order valence-corrected chi connectivity index (χ1v) is 7.66. The molecule has 0 fully saturated rings. The second-order valence-corrected chi connectivity index (χ2v) is 5.71. The Hall–Kier alpha value is -3.24. The van der Waals surface area contributed by atoms with Crippen LogP contribution in [0.25, 0.3) is 0 Å². The predicted octanol–water partition coefficient (Wildman–Crippen LogP) is 2.46. The van der Waals surface area contributed by atoms with Gasteiger partial charge in [-0.3, -0.25) is 10.1 Å². The lowest BCUT2D eigenvalue weighted by Gasteiger charge is -2.12. The molecule has 2 aromatic heterocycles. The van der Waals surface area contributed by atoms with Gasteiger partial charge in [-0.1, -0.05) is 0 Å². The zero-order valence-electron chi connectivity index (χ0n) is 14.3. The van der Waals surface area contributed by atoms with Crippen LogP contribution in [0.2, 0.25) is 0 Å². The summed E-state index contributed by atoms with van der Waals surface area (Å²) in [5.41, 5.74) is 2.66. The average Bonchev–Trinajstić information content (AvgIpc) is 2.94. The van der Waals surface area contributed by atoms with E-state index < -0.39 is 4.92 Å². The van der Waals surface area contributed by atoms with Gasteiger partial charge in [0.25, 0.3) is 0 Å². The van der Waals surface area contributed by atoms with Crippen LogP contribution in [-0.4, -0.2) is 38.2 Å². The summed E-state index contributed by atoms with van der Waals surface area (Å²) in [5.74, 6) is 0.903. The summed E-state index contributed by atoms with van der Waals surface area (Å²) in [4.78, 5) is 22.6. The number of hydrogen-bond donors (Lipinski definition) is 3. The Balaban J connectivity index is 2.13. The lowest BCUT2D eigenvalue weighted by molar-refractivity contribution is -0.402. The molecule has 0 spiro atoms. The number of nitrogens with zero attached hydrogens (tertiary/aromatic N) is 5. The normalized spacial score (nSPS) is 11.3. The standard InChI is InChI=1S/C14H20N8O3/c1-8(2)16-12-18-13(17-9(3)4)20-14(19-12)21-15-7-10-5-6-11(25-10)22(23)24/h5-9H,1-4H3,(H3,16,17,18,19,20,21)/b15-7+. The summed E-state index contributed by atoms with van der Waals surface area (Å²) >= 11 is 0. The Morgan fingerprint density at radius 2 is 1.64 bits per heavy atom. The van der Waals surface area contributed by atoms with E-state index in [1.165, 1.54) is 18.3 Å². The van der Waals surface area contributed by atoms with E-state index in [4.69, 9.17) is 4.42 Å². The van der Waals surface area contributed by atoms with Crippen LogP contribution in [0.15, 0.2) is 21.7 Å². The first-order valence-electron chi connectivity index (χ1n) is 7.66. The highest BCUT2D eigenvalue weighted by atomic mass is 16.6. The van der Waals surface area contributed by atoms with E-state index in [9.17, 15) is 10.1 Å². The molecule has 2 heterocycles. The molecule has 0 aliphatic rings. The maximum atomic E-state index is 10.6. The van der Waals surface area contributed by atoms with E-state index in [1.807, 2.05) is 27.7 Å². The van der Waals surface area contributed by atoms with E-state index in [1.54, 1.807) is 0 Å². The lowest BCUT2D eigenvalue weighted by Crippen LogP contribution is -2.18. The minimum absolute atomic E-state index is 0.148. The largest absolute Gasteiger partial charge is 0.433 e. The maximum Gasteiger partial charge on any atom is 0.433 e. The molecular weight excluding hydrogens is 328 g/mol. The highest BCUT2D eigenvalue weighted by molar-refractivity contribution is 5.76. The van der Waals surface area contributed by atoms with Crippen molar-refractivity contribution >= 4 is 29.9 Å². The Morgan fingerprint density at radius 3 is 2.12 bits per heavy atom. The van der Waals surface area contributed by atoms with Crippen molar-refractivity contribution in [3.05, 3.63) is 28.0 Å². The van der Waals surface area contributed by atoms with Gasteiger partial charge in [0.05, 0.1) is 12.3 Å². The molecule has 3 N–H and O–H groups in total. The van der Waals surface area contributed by atoms with Crippen molar-refractivity contribution in [3.63, 3.8) is 0 Å². The molecule has 0 radical (unpaired) electrons. The van der Waals surface area contributed by atoms with E-state index in [2.05, 4.69) is 36.1 Å². The summed E-state index contributed by atoms with van der Waals surface area (Å²) in [7, 11) is 0. The molecular formula is C14H20N8O3. The SMILES string of the molecule is CC(C)Nc1nc(N/N=C/c2ccc([N+](=O)[O-])o2)nc(NC(C)C)n1. The van der Waals surface area contributed by atoms with Gasteiger partial charge in [0.1, 0.15) is 4.92 Å². The molecule has 0 aliphatic carbocycles. The molecule has 0 unspecified atom stereocenters. The van der Waals surface area contributed by atoms with Gasteiger partial charge in [-0.05, 0) is 33.8 Å². The second-order valence-electron chi connectivity index (χ2n) is 5.71. The number of hydrazone groups is 1. The monoisotopic (exact) mass is 348 g/mol. The molecule has 0 aliphatic heterocycles. The van der Waals surface area contributed by atoms with Crippen LogP contribution >= 0.6 is 0 Å². The maximum absolute atomic E-state index is 10.6. The summed E-state index contributed by atoms with van der Waals surface area (Å²) in [6.07, 6.45) is 1.29. The molecule has 134 valence electrons. The van der Waals surface area contributed by atoms with Crippen molar-refractivity contribution in [2.75, 3.05) is 16.1 Å². The van der Waals surface area contributed by atoms with Crippen LogP contribution in [0.1, 0.15) is 33.5 Å². The minimum atomic E-state index is -0.621.